The Bertz CT molecular complexity index is 1870. The SMILES string of the molecule is CCC(C)C(NC(=O)C(CCCN=C(N)N)NC(=O)C(N)CC(C)C)C(=O)NC(CC(C)C)C(=O)NC(CC(C)C)C(=O)NC(CC(C)C)C(=O)NC(C(=O)NC(CC(C)C)C(=O)NC(C(=O)O)C(C)C)C(C)CC. The first-order valence-electron chi connectivity index (χ1n) is 27.2. The summed E-state index contributed by atoms with van der Waals surface area (Å²) in [5.74, 6) is -8.17. The molecule has 11 atom stereocenters. The number of nitrogens with one attached hydrogen (secondary N) is 8. The first-order valence-corrected chi connectivity index (χ1v) is 27.2. The van der Waals surface area contributed by atoms with Gasteiger partial charge < -0.3 is 64.8 Å². The second kappa shape index (κ2) is 34.9. The van der Waals surface area contributed by atoms with Gasteiger partial charge in [-0.2, -0.15) is 0 Å². The molecule has 0 bridgehead atoms. The maximum atomic E-state index is 14.4. The van der Waals surface area contributed by atoms with Crippen molar-refractivity contribution in [2.45, 2.75) is 223 Å². The van der Waals surface area contributed by atoms with Crippen molar-refractivity contribution in [2.75, 3.05) is 6.54 Å². The van der Waals surface area contributed by atoms with Crippen LogP contribution in [0.5, 0.6) is 0 Å². The highest BCUT2D eigenvalue weighted by Gasteiger charge is 2.38. The molecule has 0 saturated heterocycles. The smallest absolute Gasteiger partial charge is 0.326 e. The molecule has 8 amide bonds. The van der Waals surface area contributed by atoms with Crippen molar-refractivity contribution in [3.63, 3.8) is 0 Å². The number of nitrogens with two attached hydrogens (primary N) is 3. The van der Waals surface area contributed by atoms with E-state index in [1.807, 2.05) is 83.1 Å². The van der Waals surface area contributed by atoms with E-state index in [-0.39, 0.29) is 74.2 Å². The topological polar surface area (TPSA) is 361 Å². The van der Waals surface area contributed by atoms with Gasteiger partial charge in [-0.25, -0.2) is 4.79 Å². The van der Waals surface area contributed by atoms with Crippen LogP contribution in [0.2, 0.25) is 0 Å². The molecule has 0 rings (SSSR count). The molecule has 15 N–H and O–H groups in total. The molecule has 432 valence electrons. The van der Waals surface area contributed by atoms with Crippen molar-refractivity contribution < 1.29 is 48.3 Å². The molecular formula is C53H100N12O10. The quantitative estimate of drug-likeness (QED) is 0.0244. The van der Waals surface area contributed by atoms with Gasteiger partial charge in [-0.1, -0.05) is 124 Å². The number of hydrogen-bond donors (Lipinski definition) is 12. The Morgan fingerprint density at radius 2 is 0.707 bits per heavy atom. The van der Waals surface area contributed by atoms with Gasteiger partial charge in [0, 0.05) is 6.54 Å². The van der Waals surface area contributed by atoms with E-state index >= 15 is 0 Å². The zero-order valence-electron chi connectivity index (χ0n) is 48.2. The maximum Gasteiger partial charge on any atom is 0.326 e. The van der Waals surface area contributed by atoms with Crippen LogP contribution in [0.1, 0.15) is 169 Å². The number of aliphatic carboxylic acids is 1. The van der Waals surface area contributed by atoms with Crippen molar-refractivity contribution in [1.82, 2.24) is 42.5 Å². The molecule has 0 aliphatic heterocycles. The normalized spacial score (nSPS) is 16.0. The summed E-state index contributed by atoms with van der Waals surface area (Å²) in [6, 6.07) is -10.1. The van der Waals surface area contributed by atoms with Crippen molar-refractivity contribution >= 4 is 59.2 Å². The first-order chi connectivity index (χ1) is 34.8. The third-order valence-electron chi connectivity index (χ3n) is 12.8. The highest BCUT2D eigenvalue weighted by molar-refractivity contribution is 5.98. The number of carbonyl (C=O) groups excluding carboxylic acids is 8. The molecular weight excluding hydrogens is 965 g/mol. The van der Waals surface area contributed by atoms with Gasteiger partial charge in [0.25, 0.3) is 0 Å². The molecule has 0 saturated carbocycles. The molecule has 0 spiro atoms. The number of carbonyl (C=O) groups is 9. The van der Waals surface area contributed by atoms with E-state index in [9.17, 15) is 48.3 Å². The summed E-state index contributed by atoms with van der Waals surface area (Å²) in [6.45, 7) is 29.4. The Balaban J connectivity index is 6.78. The number of carboxylic acid groups (broad SMARTS) is 1. The van der Waals surface area contributed by atoms with E-state index < -0.39 is 125 Å². The Hall–Kier alpha value is -5.54. The second-order valence-corrected chi connectivity index (χ2v) is 22.8. The zero-order chi connectivity index (χ0) is 58.0. The van der Waals surface area contributed by atoms with Gasteiger partial charge in [0.05, 0.1) is 6.04 Å². The lowest BCUT2D eigenvalue weighted by molar-refractivity contribution is -0.143. The fourth-order valence-corrected chi connectivity index (χ4v) is 8.22. The minimum atomic E-state index is -1.21. The molecule has 11 unspecified atom stereocenters. The summed E-state index contributed by atoms with van der Waals surface area (Å²) in [7, 11) is 0. The Morgan fingerprint density at radius 1 is 0.413 bits per heavy atom. The first kappa shape index (κ1) is 69.5. The lowest BCUT2D eigenvalue weighted by atomic mass is 9.95. The van der Waals surface area contributed by atoms with Gasteiger partial charge >= 0.3 is 5.97 Å². The highest BCUT2D eigenvalue weighted by atomic mass is 16.4. The number of hydrogen-bond acceptors (Lipinski definition) is 11. The number of aliphatic imine (C=N–C) groups is 1. The van der Waals surface area contributed by atoms with Gasteiger partial charge in [0.15, 0.2) is 5.96 Å². The largest absolute Gasteiger partial charge is 0.480 e. The molecule has 0 aliphatic carbocycles. The van der Waals surface area contributed by atoms with Crippen LogP contribution in [0.15, 0.2) is 4.99 Å². The maximum absolute atomic E-state index is 14.4. The van der Waals surface area contributed by atoms with Crippen LogP contribution in [0.3, 0.4) is 0 Å². The summed E-state index contributed by atoms with van der Waals surface area (Å²) in [4.78, 5) is 128. The van der Waals surface area contributed by atoms with Gasteiger partial charge in [0.2, 0.25) is 47.3 Å². The van der Waals surface area contributed by atoms with Crippen LogP contribution in [0, 0.1) is 47.3 Å². The van der Waals surface area contributed by atoms with E-state index in [4.69, 9.17) is 17.2 Å². The lowest BCUT2D eigenvalue weighted by Gasteiger charge is -2.31. The summed E-state index contributed by atoms with van der Waals surface area (Å²) in [6.07, 6.45) is 2.36. The minimum Gasteiger partial charge on any atom is -0.480 e. The molecule has 0 aromatic rings. The third kappa shape index (κ3) is 27.2. The van der Waals surface area contributed by atoms with E-state index in [1.54, 1.807) is 27.7 Å². The van der Waals surface area contributed by atoms with Crippen molar-refractivity contribution in [2.24, 2.45) is 69.5 Å². The third-order valence-corrected chi connectivity index (χ3v) is 12.8. The predicted molar refractivity (Wildman–Crippen MR) is 292 cm³/mol. The van der Waals surface area contributed by atoms with Crippen LogP contribution in [-0.4, -0.2) is 125 Å². The lowest BCUT2D eigenvalue weighted by Crippen LogP contribution is -2.61. The predicted octanol–water partition coefficient (Wildman–Crippen LogP) is 2.31. The molecule has 0 radical (unpaired) electrons. The van der Waals surface area contributed by atoms with Crippen LogP contribution in [-0.2, 0) is 43.2 Å². The van der Waals surface area contributed by atoms with Gasteiger partial charge in [-0.05, 0) is 92.3 Å². The minimum absolute atomic E-state index is 0.0734. The van der Waals surface area contributed by atoms with Crippen molar-refractivity contribution in [3.05, 3.63) is 0 Å². The van der Waals surface area contributed by atoms with Crippen LogP contribution < -0.4 is 59.7 Å². The molecule has 0 aromatic carbocycles. The number of carboxylic acids is 1. The highest BCUT2D eigenvalue weighted by Crippen LogP contribution is 2.17. The van der Waals surface area contributed by atoms with E-state index in [0.29, 0.717) is 25.7 Å². The van der Waals surface area contributed by atoms with Gasteiger partial charge in [-0.15, -0.1) is 0 Å². The number of nitrogens with zero attached hydrogens (tertiary/aromatic N) is 1. The van der Waals surface area contributed by atoms with E-state index in [2.05, 4.69) is 47.5 Å². The molecule has 0 aliphatic rings. The second-order valence-electron chi connectivity index (χ2n) is 22.8. The molecule has 0 heterocycles. The van der Waals surface area contributed by atoms with Crippen LogP contribution in [0.4, 0.5) is 0 Å². The number of guanidine groups is 1. The average molecular weight is 1070 g/mol. The van der Waals surface area contributed by atoms with Gasteiger partial charge in [-0.3, -0.25) is 43.3 Å². The van der Waals surface area contributed by atoms with Crippen LogP contribution in [0.25, 0.3) is 0 Å². The summed E-state index contributed by atoms with van der Waals surface area (Å²) in [5, 5.41) is 31.9. The Labute approximate surface area is 447 Å². The fourth-order valence-electron chi connectivity index (χ4n) is 8.22. The van der Waals surface area contributed by atoms with Crippen molar-refractivity contribution in [3.8, 4) is 0 Å². The Morgan fingerprint density at radius 3 is 1.00 bits per heavy atom. The van der Waals surface area contributed by atoms with Gasteiger partial charge in [0.1, 0.15) is 48.3 Å². The number of rotatable bonds is 36. The molecule has 22 heteroatoms. The van der Waals surface area contributed by atoms with E-state index in [1.165, 1.54) is 0 Å². The summed E-state index contributed by atoms with van der Waals surface area (Å²) in [5.41, 5.74) is 17.1. The van der Waals surface area contributed by atoms with Crippen molar-refractivity contribution in [1.29, 1.82) is 0 Å². The summed E-state index contributed by atoms with van der Waals surface area (Å²) < 4.78 is 0. The molecule has 22 nitrogen and oxygen atoms in total. The Kier molecular flexibility index (Phi) is 32.3. The average Bonchev–Trinajstić information content (AvgIpc) is 3.29. The van der Waals surface area contributed by atoms with E-state index in [0.717, 1.165) is 0 Å². The standard InChI is InChI=1S/C53H100N12O10/c1-17-33(15)42(64-45(67)36(20-19-21-57-53(55)56)58-44(66)35(54)22-27(3)4)50(72)61-38(24-29(7)8)47(69)59-37(23-28(5)6)46(68)60-39(25-30(9)10)49(71)65-43(34(16)18-2)51(73)62-40(26-31(11)12)48(70)63-41(32(13)14)52(74)75/h27-43H,17-26,54H2,1-16H3,(H,58,66)(H,59,69)(H,60,68)(H,61,72)(H,62,73)(H,63,70)(H,64,67)(H,65,71)(H,74,75)(H4,55,56,57). The van der Waals surface area contributed by atoms with Crippen LogP contribution >= 0.6 is 0 Å². The molecule has 75 heavy (non-hydrogen) atoms. The zero-order valence-corrected chi connectivity index (χ0v) is 48.2. The monoisotopic (exact) mass is 1060 g/mol. The molecule has 0 fully saturated rings. The fraction of sp³-hybridized carbons (Fsp3) is 0.811. The number of amides is 8. The summed E-state index contributed by atoms with van der Waals surface area (Å²) >= 11 is 0. The molecule has 0 aromatic heterocycles.